The highest BCUT2D eigenvalue weighted by Crippen LogP contribution is 2.32. The van der Waals surface area contributed by atoms with E-state index < -0.39 is 23.5 Å². The fourth-order valence-electron chi connectivity index (χ4n) is 1.87. The maximum atomic E-state index is 11.8. The van der Waals surface area contributed by atoms with Crippen molar-refractivity contribution in [2.75, 3.05) is 14.2 Å². The van der Waals surface area contributed by atoms with E-state index in [1.807, 2.05) is 0 Å². The van der Waals surface area contributed by atoms with Crippen LogP contribution in [0.2, 0.25) is 5.02 Å². The van der Waals surface area contributed by atoms with Gasteiger partial charge in [0, 0.05) is 5.02 Å². The van der Waals surface area contributed by atoms with Crippen molar-refractivity contribution in [3.8, 4) is 0 Å². The van der Waals surface area contributed by atoms with Crippen molar-refractivity contribution in [1.82, 2.24) is 0 Å². The molecule has 108 valence electrons. The summed E-state index contributed by atoms with van der Waals surface area (Å²) in [5.41, 5.74) is -2.03. The largest absolute Gasteiger partial charge is 0.466 e. The van der Waals surface area contributed by atoms with E-state index in [4.69, 9.17) is 11.6 Å². The van der Waals surface area contributed by atoms with Crippen LogP contribution in [0.25, 0.3) is 0 Å². The molecular weight excluding hydrogens is 284 g/mol. The minimum absolute atomic E-state index is 0.475. The van der Waals surface area contributed by atoms with Crippen molar-refractivity contribution >= 4 is 23.5 Å². The predicted octanol–water partition coefficient (Wildman–Crippen LogP) is 1.69. The molecule has 1 aromatic rings. The number of rotatable bonds is 5. The Hall–Kier alpha value is -1.85. The van der Waals surface area contributed by atoms with Gasteiger partial charge in [0.05, 0.1) is 20.1 Å². The van der Waals surface area contributed by atoms with Crippen molar-refractivity contribution in [3.63, 3.8) is 0 Å². The molecule has 0 aliphatic heterocycles. The maximum Gasteiger partial charge on any atom is 0.350 e. The molecule has 0 fully saturated rings. The van der Waals surface area contributed by atoms with E-state index in [0.29, 0.717) is 10.6 Å². The molecule has 1 aromatic carbocycles. The van der Waals surface area contributed by atoms with E-state index in [0.717, 1.165) is 14.2 Å². The third kappa shape index (κ3) is 2.84. The summed E-state index contributed by atoms with van der Waals surface area (Å²) in [5, 5.41) is 11.0. The van der Waals surface area contributed by atoms with Gasteiger partial charge >= 0.3 is 11.9 Å². The zero-order valence-electron chi connectivity index (χ0n) is 11.1. The van der Waals surface area contributed by atoms with Crippen LogP contribution in [0.1, 0.15) is 11.5 Å². The molecule has 0 amide bonds. The Morgan fingerprint density at radius 1 is 1.25 bits per heavy atom. The highest BCUT2D eigenvalue weighted by atomic mass is 35.5. The number of esters is 2. The Balaban J connectivity index is 3.35. The van der Waals surface area contributed by atoms with Crippen LogP contribution in [0.5, 0.6) is 0 Å². The number of carbonyl (C=O) groups excluding carboxylic acids is 2. The zero-order chi connectivity index (χ0) is 15.3. The molecule has 1 atom stereocenters. The third-order valence-electron chi connectivity index (χ3n) is 2.91. The summed E-state index contributed by atoms with van der Waals surface area (Å²) >= 11 is 5.78. The molecule has 1 N–H and O–H groups in total. The molecule has 20 heavy (non-hydrogen) atoms. The molecule has 0 saturated carbocycles. The standard InChI is InChI=1S/C14H15ClO5/c1-4-11(9-5-7-10(15)8-6-9)14(18,12(16)19-2)13(17)20-3/h4-8,11,18H,1H2,2-3H3/t11-/m1/s1. The zero-order valence-corrected chi connectivity index (χ0v) is 11.9. The van der Waals surface area contributed by atoms with Crippen LogP contribution in [0, 0.1) is 0 Å². The lowest BCUT2D eigenvalue weighted by Gasteiger charge is -2.29. The van der Waals surface area contributed by atoms with E-state index in [9.17, 15) is 14.7 Å². The first-order chi connectivity index (χ1) is 9.41. The normalized spacial score (nSPS) is 12.4. The second kappa shape index (κ2) is 6.54. The monoisotopic (exact) mass is 298 g/mol. The summed E-state index contributed by atoms with van der Waals surface area (Å²) < 4.78 is 9.01. The summed E-state index contributed by atoms with van der Waals surface area (Å²) in [6, 6.07) is 6.29. The minimum Gasteiger partial charge on any atom is -0.466 e. The number of halogens is 1. The van der Waals surface area contributed by atoms with Crippen molar-refractivity contribution in [1.29, 1.82) is 0 Å². The van der Waals surface area contributed by atoms with Crippen LogP contribution in [0.3, 0.4) is 0 Å². The van der Waals surface area contributed by atoms with Gasteiger partial charge in [-0.3, -0.25) is 0 Å². The van der Waals surface area contributed by atoms with Crippen LogP contribution < -0.4 is 0 Å². The van der Waals surface area contributed by atoms with Crippen molar-refractivity contribution in [2.45, 2.75) is 11.5 Å². The van der Waals surface area contributed by atoms with E-state index in [2.05, 4.69) is 16.1 Å². The fraction of sp³-hybridized carbons (Fsp3) is 0.286. The first-order valence-electron chi connectivity index (χ1n) is 5.69. The molecular formula is C14H15ClO5. The minimum atomic E-state index is -2.50. The molecule has 0 radical (unpaired) electrons. The highest BCUT2D eigenvalue weighted by molar-refractivity contribution is 6.30. The average molecular weight is 299 g/mol. The third-order valence-corrected chi connectivity index (χ3v) is 3.16. The van der Waals surface area contributed by atoms with Gasteiger partial charge in [-0.1, -0.05) is 29.8 Å². The van der Waals surface area contributed by atoms with Crippen molar-refractivity contribution in [2.24, 2.45) is 0 Å². The second-order valence-electron chi connectivity index (χ2n) is 4.01. The first-order valence-corrected chi connectivity index (χ1v) is 6.06. The van der Waals surface area contributed by atoms with Gasteiger partial charge in [0.2, 0.25) is 0 Å². The molecule has 1 rings (SSSR count). The van der Waals surface area contributed by atoms with Gasteiger partial charge in [-0.15, -0.1) is 6.58 Å². The van der Waals surface area contributed by atoms with Gasteiger partial charge in [0.1, 0.15) is 0 Å². The SMILES string of the molecule is C=C[C@H](c1ccc(Cl)cc1)C(O)(C(=O)OC)C(=O)OC. The number of ether oxygens (including phenoxy) is 2. The molecule has 0 spiro atoms. The molecule has 0 aromatic heterocycles. The molecule has 0 aliphatic rings. The molecule has 0 unspecified atom stereocenters. The van der Waals surface area contributed by atoms with Crippen LogP contribution in [0.15, 0.2) is 36.9 Å². The van der Waals surface area contributed by atoms with Crippen LogP contribution in [-0.2, 0) is 19.1 Å². The Morgan fingerprint density at radius 3 is 2.05 bits per heavy atom. The van der Waals surface area contributed by atoms with Crippen LogP contribution in [-0.4, -0.2) is 36.9 Å². The number of benzene rings is 1. The van der Waals surface area contributed by atoms with Gasteiger partial charge in [0.15, 0.2) is 0 Å². The molecule has 5 nitrogen and oxygen atoms in total. The molecule has 0 aliphatic carbocycles. The maximum absolute atomic E-state index is 11.8. The lowest BCUT2D eigenvalue weighted by atomic mass is 9.82. The lowest BCUT2D eigenvalue weighted by molar-refractivity contribution is -0.181. The predicted molar refractivity (Wildman–Crippen MR) is 73.4 cm³/mol. The molecule has 6 heteroatoms. The molecule has 0 bridgehead atoms. The van der Waals surface area contributed by atoms with Crippen LogP contribution in [0.4, 0.5) is 0 Å². The highest BCUT2D eigenvalue weighted by Gasteiger charge is 2.52. The first kappa shape index (κ1) is 16.2. The van der Waals surface area contributed by atoms with Gasteiger partial charge in [0.25, 0.3) is 5.60 Å². The van der Waals surface area contributed by atoms with Crippen molar-refractivity contribution < 1.29 is 24.2 Å². The number of aliphatic hydroxyl groups is 1. The second-order valence-corrected chi connectivity index (χ2v) is 4.45. The Labute approximate surface area is 121 Å². The number of hydrogen-bond acceptors (Lipinski definition) is 5. The lowest BCUT2D eigenvalue weighted by Crippen LogP contribution is -2.52. The summed E-state index contributed by atoms with van der Waals surface area (Å²) in [5.74, 6) is -3.27. The number of carbonyl (C=O) groups is 2. The van der Waals surface area contributed by atoms with Crippen LogP contribution >= 0.6 is 11.6 Å². The molecule has 0 saturated heterocycles. The van der Waals surface area contributed by atoms with Gasteiger partial charge in [-0.05, 0) is 17.7 Å². The summed E-state index contributed by atoms with van der Waals surface area (Å²) in [7, 11) is 2.14. The summed E-state index contributed by atoms with van der Waals surface area (Å²) in [4.78, 5) is 23.7. The smallest absolute Gasteiger partial charge is 0.350 e. The van der Waals surface area contributed by atoms with E-state index in [1.54, 1.807) is 24.3 Å². The van der Waals surface area contributed by atoms with Gasteiger partial charge in [-0.2, -0.15) is 0 Å². The fourth-order valence-corrected chi connectivity index (χ4v) is 1.99. The quantitative estimate of drug-likeness (QED) is 0.509. The van der Waals surface area contributed by atoms with Gasteiger partial charge < -0.3 is 14.6 Å². The Bertz CT molecular complexity index is 493. The summed E-state index contributed by atoms with van der Waals surface area (Å²) in [6.07, 6.45) is 1.27. The Kier molecular flexibility index (Phi) is 5.30. The average Bonchev–Trinajstić information content (AvgIpc) is 2.47. The number of hydrogen-bond donors (Lipinski definition) is 1. The summed E-state index contributed by atoms with van der Waals surface area (Å²) in [6.45, 7) is 3.55. The van der Waals surface area contributed by atoms with E-state index >= 15 is 0 Å². The van der Waals surface area contributed by atoms with E-state index in [1.165, 1.54) is 6.08 Å². The number of methoxy groups -OCH3 is 2. The van der Waals surface area contributed by atoms with Gasteiger partial charge in [-0.25, -0.2) is 9.59 Å². The topological polar surface area (TPSA) is 72.8 Å². The van der Waals surface area contributed by atoms with Crippen molar-refractivity contribution in [3.05, 3.63) is 47.5 Å². The Morgan fingerprint density at radius 2 is 1.70 bits per heavy atom. The van der Waals surface area contributed by atoms with E-state index in [-0.39, 0.29) is 0 Å². The molecule has 0 heterocycles.